The van der Waals surface area contributed by atoms with E-state index in [4.69, 9.17) is 9.47 Å². The van der Waals surface area contributed by atoms with Gasteiger partial charge in [-0.2, -0.15) is 0 Å². The van der Waals surface area contributed by atoms with Gasteiger partial charge in [-0.3, -0.25) is 20.4 Å². The van der Waals surface area contributed by atoms with Gasteiger partial charge in [-0.25, -0.2) is 4.39 Å². The Labute approximate surface area is 157 Å². The Morgan fingerprint density at radius 2 is 1.74 bits per heavy atom. The molecule has 2 aromatic carbocycles. The van der Waals surface area contributed by atoms with Gasteiger partial charge in [0, 0.05) is 11.6 Å². The summed E-state index contributed by atoms with van der Waals surface area (Å²) in [6.07, 6.45) is 1.84. The summed E-state index contributed by atoms with van der Waals surface area (Å²) in [6, 6.07) is 13.0. The molecule has 0 bridgehead atoms. The first-order valence-electron chi connectivity index (χ1n) is 8.42. The van der Waals surface area contributed by atoms with Crippen molar-refractivity contribution in [2.45, 2.75) is 20.0 Å². The van der Waals surface area contributed by atoms with E-state index in [2.05, 4.69) is 10.9 Å². The molecule has 0 spiro atoms. The quantitative estimate of drug-likeness (QED) is 0.579. The predicted octanol–water partition coefficient (Wildman–Crippen LogP) is 2.85. The lowest BCUT2D eigenvalue weighted by molar-refractivity contribution is -0.131. The number of nitrogens with one attached hydrogen (secondary N) is 2. The number of hydrogen-bond acceptors (Lipinski definition) is 4. The molecule has 2 N–H and O–H groups in total. The topological polar surface area (TPSA) is 76.7 Å². The fourth-order valence-electron chi connectivity index (χ4n) is 2.12. The van der Waals surface area contributed by atoms with Gasteiger partial charge in [0.2, 0.25) is 0 Å². The maximum absolute atomic E-state index is 13.5. The van der Waals surface area contributed by atoms with Gasteiger partial charge in [0.15, 0.2) is 17.7 Å². The summed E-state index contributed by atoms with van der Waals surface area (Å²) in [4.78, 5) is 23.8. The number of carbonyl (C=O) groups excluding carboxylic acids is 2. The zero-order valence-corrected chi connectivity index (χ0v) is 15.1. The third-order valence-corrected chi connectivity index (χ3v) is 3.45. The minimum atomic E-state index is -0.996. The van der Waals surface area contributed by atoms with Crippen LogP contribution in [-0.4, -0.2) is 24.5 Å². The molecular weight excluding hydrogens is 351 g/mol. The average molecular weight is 372 g/mol. The SMILES string of the molecule is CCOc1ccccc1/C=C/C(=O)NNC(=O)C(C)Oc1ccccc1F. The van der Waals surface area contributed by atoms with Gasteiger partial charge in [0.05, 0.1) is 6.61 Å². The fourth-order valence-corrected chi connectivity index (χ4v) is 2.12. The zero-order valence-electron chi connectivity index (χ0n) is 15.1. The van der Waals surface area contributed by atoms with Crippen molar-refractivity contribution >= 4 is 17.9 Å². The summed E-state index contributed by atoms with van der Waals surface area (Å²) in [7, 11) is 0. The minimum Gasteiger partial charge on any atom is -0.493 e. The number of hydrazine groups is 1. The van der Waals surface area contributed by atoms with Crippen LogP contribution < -0.4 is 20.3 Å². The van der Waals surface area contributed by atoms with Gasteiger partial charge in [-0.15, -0.1) is 0 Å². The van der Waals surface area contributed by atoms with E-state index >= 15 is 0 Å². The Morgan fingerprint density at radius 3 is 2.44 bits per heavy atom. The van der Waals surface area contributed by atoms with Crippen LogP contribution in [0.3, 0.4) is 0 Å². The molecule has 0 aliphatic rings. The van der Waals surface area contributed by atoms with Crippen LogP contribution in [0.1, 0.15) is 19.4 Å². The van der Waals surface area contributed by atoms with E-state index in [1.807, 2.05) is 19.1 Å². The van der Waals surface area contributed by atoms with Crippen molar-refractivity contribution < 1.29 is 23.5 Å². The Balaban J connectivity index is 1.86. The third kappa shape index (κ3) is 6.14. The molecule has 2 aromatic rings. The van der Waals surface area contributed by atoms with Crippen LogP contribution in [0.25, 0.3) is 6.08 Å². The molecule has 0 aliphatic heterocycles. The number of amides is 2. The van der Waals surface area contributed by atoms with E-state index in [-0.39, 0.29) is 5.75 Å². The van der Waals surface area contributed by atoms with Gasteiger partial charge in [-0.1, -0.05) is 30.3 Å². The first-order valence-corrected chi connectivity index (χ1v) is 8.42. The number of rotatable bonds is 7. The van der Waals surface area contributed by atoms with Gasteiger partial charge in [0.25, 0.3) is 11.8 Å². The summed E-state index contributed by atoms with van der Waals surface area (Å²) in [6.45, 7) is 3.82. The van der Waals surface area contributed by atoms with Crippen LogP contribution in [-0.2, 0) is 9.59 Å². The third-order valence-electron chi connectivity index (χ3n) is 3.45. The molecule has 1 unspecified atom stereocenters. The van der Waals surface area contributed by atoms with Crippen LogP contribution in [0.4, 0.5) is 4.39 Å². The summed E-state index contributed by atoms with van der Waals surface area (Å²) >= 11 is 0. The van der Waals surface area contributed by atoms with Crippen molar-refractivity contribution in [3.05, 3.63) is 66.0 Å². The molecule has 2 rings (SSSR count). The smallest absolute Gasteiger partial charge is 0.279 e. The summed E-state index contributed by atoms with van der Waals surface area (Å²) < 4.78 is 24.2. The second kappa shape index (κ2) is 9.96. The highest BCUT2D eigenvalue weighted by Crippen LogP contribution is 2.19. The van der Waals surface area contributed by atoms with Gasteiger partial charge >= 0.3 is 0 Å². The van der Waals surface area contributed by atoms with Crippen LogP contribution in [0.2, 0.25) is 0 Å². The Bertz CT molecular complexity index is 823. The molecule has 6 nitrogen and oxygen atoms in total. The van der Waals surface area contributed by atoms with Crippen molar-refractivity contribution in [1.29, 1.82) is 0 Å². The second-order valence-electron chi connectivity index (χ2n) is 5.47. The summed E-state index contributed by atoms with van der Waals surface area (Å²) in [5.41, 5.74) is 5.21. The molecule has 27 heavy (non-hydrogen) atoms. The normalized spacial score (nSPS) is 11.7. The molecule has 0 saturated heterocycles. The number of benzene rings is 2. The molecule has 7 heteroatoms. The highest BCUT2D eigenvalue weighted by molar-refractivity contribution is 5.93. The summed E-state index contributed by atoms with van der Waals surface area (Å²) in [5.74, 6) is -1.11. The van der Waals surface area contributed by atoms with E-state index in [1.54, 1.807) is 24.3 Å². The van der Waals surface area contributed by atoms with Crippen molar-refractivity contribution in [3.8, 4) is 11.5 Å². The van der Waals surface area contributed by atoms with E-state index < -0.39 is 23.7 Å². The molecular formula is C20H21FN2O4. The van der Waals surface area contributed by atoms with E-state index in [9.17, 15) is 14.0 Å². The molecule has 0 heterocycles. The Morgan fingerprint density at radius 1 is 1.07 bits per heavy atom. The highest BCUT2D eigenvalue weighted by Gasteiger charge is 2.16. The van der Waals surface area contributed by atoms with E-state index in [0.717, 1.165) is 5.56 Å². The molecule has 2 amide bonds. The van der Waals surface area contributed by atoms with E-state index in [0.29, 0.717) is 12.4 Å². The zero-order chi connectivity index (χ0) is 19.6. The molecule has 0 radical (unpaired) electrons. The Hall–Kier alpha value is -3.35. The van der Waals surface area contributed by atoms with Crippen molar-refractivity contribution in [3.63, 3.8) is 0 Å². The van der Waals surface area contributed by atoms with Crippen molar-refractivity contribution in [1.82, 2.24) is 10.9 Å². The first-order chi connectivity index (χ1) is 13.0. The lowest BCUT2D eigenvalue weighted by atomic mass is 10.2. The fraction of sp³-hybridized carbons (Fsp3) is 0.200. The molecule has 0 fully saturated rings. The van der Waals surface area contributed by atoms with Gasteiger partial charge in [0.1, 0.15) is 5.75 Å². The molecule has 0 aromatic heterocycles. The summed E-state index contributed by atoms with van der Waals surface area (Å²) in [5, 5.41) is 0. The maximum Gasteiger partial charge on any atom is 0.279 e. The number of halogens is 1. The molecule has 1 atom stereocenters. The molecule has 0 saturated carbocycles. The van der Waals surface area contributed by atoms with Crippen LogP contribution in [0, 0.1) is 5.82 Å². The number of para-hydroxylation sites is 2. The van der Waals surface area contributed by atoms with Gasteiger partial charge < -0.3 is 9.47 Å². The van der Waals surface area contributed by atoms with Crippen LogP contribution in [0.15, 0.2) is 54.6 Å². The van der Waals surface area contributed by atoms with Crippen LogP contribution >= 0.6 is 0 Å². The number of carbonyl (C=O) groups is 2. The predicted molar refractivity (Wildman–Crippen MR) is 99.4 cm³/mol. The Kier molecular flexibility index (Phi) is 7.37. The van der Waals surface area contributed by atoms with Crippen molar-refractivity contribution in [2.24, 2.45) is 0 Å². The molecule has 0 aliphatic carbocycles. The number of ether oxygens (including phenoxy) is 2. The van der Waals surface area contributed by atoms with E-state index in [1.165, 1.54) is 31.2 Å². The van der Waals surface area contributed by atoms with Crippen molar-refractivity contribution in [2.75, 3.05) is 6.61 Å². The molecule has 142 valence electrons. The average Bonchev–Trinajstić information content (AvgIpc) is 2.67. The lowest BCUT2D eigenvalue weighted by Gasteiger charge is -2.15. The second-order valence-corrected chi connectivity index (χ2v) is 5.47. The minimum absolute atomic E-state index is 0.0427. The standard InChI is InChI=1S/C20H21FN2O4/c1-3-26-17-10-6-4-8-15(17)12-13-19(24)22-23-20(25)14(2)27-18-11-7-5-9-16(18)21/h4-14H,3H2,1-2H3,(H,22,24)(H,23,25)/b13-12+. The van der Waals surface area contributed by atoms with Gasteiger partial charge in [-0.05, 0) is 38.1 Å². The largest absolute Gasteiger partial charge is 0.493 e. The first kappa shape index (κ1) is 20.0. The monoisotopic (exact) mass is 372 g/mol. The maximum atomic E-state index is 13.5. The lowest BCUT2D eigenvalue weighted by Crippen LogP contribution is -2.46. The van der Waals surface area contributed by atoms with Crippen LogP contribution in [0.5, 0.6) is 11.5 Å². The highest BCUT2D eigenvalue weighted by atomic mass is 19.1. The number of hydrogen-bond donors (Lipinski definition) is 2.